The molecule has 10 nitrogen and oxygen atoms in total. The van der Waals surface area contributed by atoms with Crippen molar-refractivity contribution in [2.45, 2.75) is 12.1 Å². The number of imidazole rings is 1. The van der Waals surface area contributed by atoms with Gasteiger partial charge in [-0.2, -0.15) is 0 Å². The van der Waals surface area contributed by atoms with Crippen molar-refractivity contribution in [3.8, 4) is 0 Å². The molecule has 2 rings (SSSR count). The third-order valence-corrected chi connectivity index (χ3v) is 4.11. The average Bonchev–Trinajstić information content (AvgIpc) is 2.99. The van der Waals surface area contributed by atoms with Gasteiger partial charge in [0, 0.05) is 14.1 Å². The summed E-state index contributed by atoms with van der Waals surface area (Å²) in [5.41, 5.74) is -1.33. The zero-order chi connectivity index (χ0) is 17.2. The van der Waals surface area contributed by atoms with E-state index in [-0.39, 0.29) is 32.2 Å². The molecule has 0 spiro atoms. The second-order valence-electron chi connectivity index (χ2n) is 5.65. The van der Waals surface area contributed by atoms with E-state index in [9.17, 15) is 24.9 Å². The molecule has 0 saturated heterocycles. The Morgan fingerprint density at radius 3 is 2.25 bits per heavy atom. The summed E-state index contributed by atoms with van der Waals surface area (Å²) in [4.78, 5) is 28.2. The molecule has 0 atom stereocenters. The van der Waals surface area contributed by atoms with E-state index in [1.54, 1.807) is 16.9 Å². The number of aliphatic hydroxyl groups is 3. The van der Waals surface area contributed by atoms with Gasteiger partial charge in [0.25, 0.3) is 5.56 Å². The molecule has 0 radical (unpaired) electrons. The van der Waals surface area contributed by atoms with Crippen LogP contribution in [0.15, 0.2) is 15.9 Å². The maximum absolute atomic E-state index is 12.3. The molecule has 0 saturated carbocycles. The van der Waals surface area contributed by atoms with Gasteiger partial charge in [-0.1, -0.05) is 0 Å². The van der Waals surface area contributed by atoms with Crippen LogP contribution in [-0.2, 0) is 20.6 Å². The number of nitrogens with two attached hydrogens (primary N) is 1. The van der Waals surface area contributed by atoms with Gasteiger partial charge < -0.3 is 37.6 Å². The van der Waals surface area contributed by atoms with Gasteiger partial charge in [-0.3, -0.25) is 13.9 Å². The van der Waals surface area contributed by atoms with Crippen LogP contribution in [0.25, 0.3) is 11.2 Å². The van der Waals surface area contributed by atoms with Crippen LogP contribution in [0.2, 0.25) is 0 Å². The lowest BCUT2D eigenvalue weighted by molar-refractivity contribution is -0.733. The largest absolute Gasteiger partial charge is 1.00 e. The Morgan fingerprint density at radius 1 is 1.12 bits per heavy atom. The minimum Gasteiger partial charge on any atom is -1.00 e. The van der Waals surface area contributed by atoms with E-state index < -0.39 is 16.8 Å². The van der Waals surface area contributed by atoms with Crippen molar-refractivity contribution in [2.75, 3.05) is 26.4 Å². The molecular weight excluding hydrogens is 342 g/mol. The Balaban J connectivity index is 0.00000288. The number of fused-ring (bicyclic) bond motifs is 1. The molecule has 0 fully saturated rings. The van der Waals surface area contributed by atoms with Crippen LogP contribution < -0.4 is 29.0 Å². The quantitative estimate of drug-likeness (QED) is 0.385. The molecule has 0 aromatic carbocycles. The molecule has 0 amide bonds. The van der Waals surface area contributed by atoms with Crippen LogP contribution in [0, 0.1) is 0 Å². The van der Waals surface area contributed by atoms with Crippen molar-refractivity contribution in [1.82, 2.24) is 18.7 Å². The van der Waals surface area contributed by atoms with Gasteiger partial charge in [0.2, 0.25) is 0 Å². The first-order valence-electron chi connectivity index (χ1n) is 7.18. The predicted molar refractivity (Wildman–Crippen MR) is 81.0 cm³/mol. The molecule has 5 N–H and O–H groups in total. The number of quaternary nitrogens is 1. The van der Waals surface area contributed by atoms with Crippen molar-refractivity contribution in [3.05, 3.63) is 27.2 Å². The van der Waals surface area contributed by atoms with Gasteiger partial charge in [0.05, 0.1) is 19.4 Å². The maximum Gasteiger partial charge on any atom is 0.332 e. The summed E-state index contributed by atoms with van der Waals surface area (Å²) >= 11 is 0. The van der Waals surface area contributed by atoms with E-state index in [1.807, 2.05) is 0 Å². The topological polar surface area (TPSA) is 139 Å². The van der Waals surface area contributed by atoms with E-state index in [0.29, 0.717) is 24.3 Å². The minimum absolute atomic E-state index is 0. The lowest BCUT2D eigenvalue weighted by Crippen LogP contribution is -3.00. The molecule has 2 heterocycles. The minimum atomic E-state index is -1.06. The standard InChI is InChI=1S/C13H21N5O5.ClH/c1-16-10-9(11(22)17(2)12(16)23)18(8-14-10)4-3-15-13(5-19,6-20)7-21;/h8,15,19-21H,3-7H2,1-2H3;1H. The Hall–Kier alpha value is -1.72. The Labute approximate surface area is 143 Å². The van der Waals surface area contributed by atoms with Gasteiger partial charge in [0.15, 0.2) is 16.7 Å². The summed E-state index contributed by atoms with van der Waals surface area (Å²) in [5.74, 6) is 0. The SMILES string of the molecule is Cn1c(=O)c2c(ncn2CC[NH2+]C(CO)(CO)CO)n(C)c1=O.[Cl-]. The third kappa shape index (κ3) is 3.37. The first kappa shape index (κ1) is 20.3. The number of aryl methyl sites for hydroxylation is 1. The highest BCUT2D eigenvalue weighted by Gasteiger charge is 2.31. The monoisotopic (exact) mass is 363 g/mol. The predicted octanol–water partition coefficient (Wildman–Crippen LogP) is -7.28. The smallest absolute Gasteiger partial charge is 0.332 e. The lowest BCUT2D eigenvalue weighted by Gasteiger charge is -2.25. The highest BCUT2D eigenvalue weighted by atomic mass is 35.5. The first-order chi connectivity index (χ1) is 10.9. The zero-order valence-electron chi connectivity index (χ0n) is 13.5. The average molecular weight is 364 g/mol. The summed E-state index contributed by atoms with van der Waals surface area (Å²) in [6.07, 6.45) is 1.47. The van der Waals surface area contributed by atoms with E-state index >= 15 is 0 Å². The van der Waals surface area contributed by atoms with Crippen molar-refractivity contribution >= 4 is 11.2 Å². The van der Waals surface area contributed by atoms with Crippen LogP contribution in [0.5, 0.6) is 0 Å². The number of rotatable bonds is 7. The zero-order valence-corrected chi connectivity index (χ0v) is 14.3. The molecule has 0 bridgehead atoms. The van der Waals surface area contributed by atoms with E-state index in [1.165, 1.54) is 17.9 Å². The Bertz CT molecular complexity index is 799. The van der Waals surface area contributed by atoms with E-state index in [2.05, 4.69) is 4.98 Å². The molecule has 24 heavy (non-hydrogen) atoms. The molecular formula is C13H22ClN5O5. The fourth-order valence-corrected chi connectivity index (χ4v) is 2.42. The van der Waals surface area contributed by atoms with Crippen LogP contribution in [0.3, 0.4) is 0 Å². The number of aliphatic hydroxyl groups excluding tert-OH is 3. The van der Waals surface area contributed by atoms with Gasteiger partial charge in [-0.15, -0.1) is 0 Å². The van der Waals surface area contributed by atoms with Crippen LogP contribution in [-0.4, -0.2) is 65.9 Å². The molecule has 0 aliphatic heterocycles. The molecule has 2 aromatic heterocycles. The summed E-state index contributed by atoms with van der Waals surface area (Å²) in [7, 11) is 2.95. The normalized spacial score (nSPS) is 11.7. The highest BCUT2D eigenvalue weighted by molar-refractivity contribution is 5.69. The number of halogens is 1. The van der Waals surface area contributed by atoms with Crippen molar-refractivity contribution in [1.29, 1.82) is 0 Å². The summed E-state index contributed by atoms with van der Waals surface area (Å²) < 4.78 is 3.94. The Kier molecular flexibility index (Phi) is 6.69. The summed E-state index contributed by atoms with van der Waals surface area (Å²) in [6.45, 7) is -0.354. The van der Waals surface area contributed by atoms with Crippen LogP contribution >= 0.6 is 0 Å². The van der Waals surface area contributed by atoms with Crippen LogP contribution in [0.1, 0.15) is 0 Å². The molecule has 2 aromatic rings. The lowest BCUT2D eigenvalue weighted by atomic mass is 10.0. The molecule has 0 aliphatic rings. The van der Waals surface area contributed by atoms with E-state index in [0.717, 1.165) is 4.57 Å². The Morgan fingerprint density at radius 2 is 1.71 bits per heavy atom. The number of aromatic nitrogens is 4. The van der Waals surface area contributed by atoms with Crippen molar-refractivity contribution in [2.24, 2.45) is 14.1 Å². The molecule has 0 aliphatic carbocycles. The fourth-order valence-electron chi connectivity index (χ4n) is 2.42. The summed E-state index contributed by atoms with van der Waals surface area (Å²) in [5, 5.41) is 29.5. The second kappa shape index (κ2) is 7.90. The number of hydrogen-bond acceptors (Lipinski definition) is 6. The number of nitrogens with zero attached hydrogens (tertiary/aromatic N) is 4. The fraction of sp³-hybridized carbons (Fsp3) is 0.615. The van der Waals surface area contributed by atoms with Crippen molar-refractivity contribution in [3.63, 3.8) is 0 Å². The molecule has 136 valence electrons. The van der Waals surface area contributed by atoms with Gasteiger partial charge in [0.1, 0.15) is 19.8 Å². The van der Waals surface area contributed by atoms with Gasteiger partial charge in [-0.05, 0) is 0 Å². The van der Waals surface area contributed by atoms with Crippen molar-refractivity contribution < 1.29 is 33.0 Å². The van der Waals surface area contributed by atoms with Gasteiger partial charge >= 0.3 is 5.69 Å². The maximum atomic E-state index is 12.3. The molecule has 11 heteroatoms. The molecule has 0 unspecified atom stereocenters. The van der Waals surface area contributed by atoms with Gasteiger partial charge in [-0.25, -0.2) is 9.78 Å². The van der Waals surface area contributed by atoms with E-state index in [4.69, 9.17) is 0 Å². The number of hydrogen-bond donors (Lipinski definition) is 4. The highest BCUT2D eigenvalue weighted by Crippen LogP contribution is 2.04. The first-order valence-corrected chi connectivity index (χ1v) is 7.18. The summed E-state index contributed by atoms with van der Waals surface area (Å²) in [6, 6.07) is 0. The van der Waals surface area contributed by atoms with Crippen LogP contribution in [0.4, 0.5) is 0 Å². The third-order valence-electron chi connectivity index (χ3n) is 4.11. The second-order valence-corrected chi connectivity index (χ2v) is 5.65.